The van der Waals surface area contributed by atoms with Crippen molar-refractivity contribution >= 4 is 16.3 Å². The first-order valence-electron chi connectivity index (χ1n) is 11.2. The summed E-state index contributed by atoms with van der Waals surface area (Å²) in [6.07, 6.45) is 2.70. The topological polar surface area (TPSA) is 88.2 Å². The highest BCUT2D eigenvalue weighted by Crippen LogP contribution is 2.35. The maximum atomic E-state index is 13.6. The maximum Gasteiger partial charge on any atom is 0.410 e. The second kappa shape index (κ2) is 10.6. The molecule has 0 radical (unpaired) electrons. The van der Waals surface area contributed by atoms with Crippen LogP contribution in [0, 0.1) is 11.6 Å². The number of nitrogens with one attached hydrogen (secondary N) is 1. The van der Waals surface area contributed by atoms with Gasteiger partial charge in [-0.15, -0.1) is 0 Å². The molecule has 1 saturated heterocycles. The summed E-state index contributed by atoms with van der Waals surface area (Å²) in [7, 11) is 0.474. The van der Waals surface area contributed by atoms with Gasteiger partial charge in [0.1, 0.15) is 11.6 Å². The standard InChI is InChI=1S/C22H33F2N3O5S/c1-14-9-20(25-33(29,30)26(2)3)21(27(14)22(28)31-4)13-32-19-7-5-15(6-8-19)16-10-17(23)12-18(24)11-16/h10-12,14-15,19-21,25H,5-9,13H2,1-4H3/t14-,15-,19+,20+,21+/m1/s1. The fourth-order valence-electron chi connectivity index (χ4n) is 4.81. The van der Waals surface area contributed by atoms with Crippen molar-refractivity contribution in [2.45, 2.75) is 69.2 Å². The van der Waals surface area contributed by atoms with E-state index in [0.29, 0.717) is 24.8 Å². The Labute approximate surface area is 194 Å². The van der Waals surface area contributed by atoms with Gasteiger partial charge >= 0.3 is 6.09 Å². The van der Waals surface area contributed by atoms with E-state index in [1.807, 2.05) is 6.92 Å². The summed E-state index contributed by atoms with van der Waals surface area (Å²) in [5.74, 6) is -1.09. The fraction of sp³-hybridized carbons (Fsp3) is 0.682. The van der Waals surface area contributed by atoms with Gasteiger partial charge in [-0.2, -0.15) is 17.4 Å². The van der Waals surface area contributed by atoms with Crippen LogP contribution in [-0.4, -0.2) is 75.8 Å². The van der Waals surface area contributed by atoms with Crippen molar-refractivity contribution in [3.63, 3.8) is 0 Å². The average molecular weight is 490 g/mol. The zero-order valence-corrected chi connectivity index (χ0v) is 20.3. The molecule has 1 N–H and O–H groups in total. The predicted octanol–water partition coefficient (Wildman–Crippen LogP) is 3.00. The number of carbonyl (C=O) groups excluding carboxylic acids is 1. The lowest BCUT2D eigenvalue weighted by molar-refractivity contribution is -0.00866. The van der Waals surface area contributed by atoms with Gasteiger partial charge in [-0.05, 0) is 62.6 Å². The molecule has 1 aromatic rings. The second-order valence-corrected chi connectivity index (χ2v) is 11.0. The third kappa shape index (κ3) is 6.20. The summed E-state index contributed by atoms with van der Waals surface area (Å²) in [5.41, 5.74) is 0.658. The number of hydrogen-bond donors (Lipinski definition) is 1. The third-order valence-corrected chi connectivity index (χ3v) is 8.15. The van der Waals surface area contributed by atoms with E-state index in [1.54, 1.807) is 0 Å². The number of rotatable bonds is 7. The van der Waals surface area contributed by atoms with E-state index in [-0.39, 0.29) is 24.7 Å². The molecule has 1 aliphatic carbocycles. The van der Waals surface area contributed by atoms with Crippen molar-refractivity contribution < 1.29 is 31.5 Å². The second-order valence-electron chi connectivity index (χ2n) is 9.05. The molecule has 2 fully saturated rings. The lowest BCUT2D eigenvalue weighted by atomic mass is 9.82. The van der Waals surface area contributed by atoms with Crippen LogP contribution in [0.5, 0.6) is 0 Å². The monoisotopic (exact) mass is 489 g/mol. The molecule has 3 rings (SSSR count). The van der Waals surface area contributed by atoms with E-state index in [9.17, 15) is 22.0 Å². The van der Waals surface area contributed by atoms with Crippen molar-refractivity contribution in [1.29, 1.82) is 0 Å². The summed E-state index contributed by atoms with van der Waals surface area (Å²) in [6, 6.07) is 2.37. The summed E-state index contributed by atoms with van der Waals surface area (Å²) < 4.78 is 66.7. The molecular formula is C22H33F2N3O5S. The molecule has 186 valence electrons. The Morgan fingerprint density at radius 1 is 1.15 bits per heavy atom. The lowest BCUT2D eigenvalue weighted by Crippen LogP contribution is -2.52. The van der Waals surface area contributed by atoms with E-state index in [4.69, 9.17) is 9.47 Å². The Morgan fingerprint density at radius 3 is 2.30 bits per heavy atom. The number of carbonyl (C=O) groups is 1. The molecule has 2 aliphatic rings. The van der Waals surface area contributed by atoms with E-state index >= 15 is 0 Å². The number of ether oxygens (including phenoxy) is 2. The molecule has 1 aliphatic heterocycles. The summed E-state index contributed by atoms with van der Waals surface area (Å²) in [5, 5.41) is 0. The van der Waals surface area contributed by atoms with Gasteiger partial charge in [0.25, 0.3) is 10.2 Å². The first kappa shape index (κ1) is 25.8. The first-order valence-corrected chi connectivity index (χ1v) is 12.6. The number of halogens is 2. The lowest BCUT2D eigenvalue weighted by Gasteiger charge is -2.33. The molecule has 11 heteroatoms. The molecule has 8 nitrogen and oxygen atoms in total. The van der Waals surface area contributed by atoms with Crippen LogP contribution < -0.4 is 4.72 Å². The molecule has 1 aromatic carbocycles. The molecule has 3 atom stereocenters. The molecule has 0 spiro atoms. The van der Waals surface area contributed by atoms with Crippen molar-refractivity contribution in [3.05, 3.63) is 35.4 Å². The van der Waals surface area contributed by atoms with E-state index in [0.717, 1.165) is 23.2 Å². The zero-order valence-electron chi connectivity index (χ0n) is 19.5. The van der Waals surface area contributed by atoms with Gasteiger partial charge in [0.2, 0.25) is 0 Å². The summed E-state index contributed by atoms with van der Waals surface area (Å²) in [4.78, 5) is 13.9. The van der Waals surface area contributed by atoms with Crippen molar-refractivity contribution in [2.75, 3.05) is 27.8 Å². The van der Waals surface area contributed by atoms with Gasteiger partial charge in [-0.25, -0.2) is 13.6 Å². The average Bonchev–Trinajstić information content (AvgIpc) is 3.05. The SMILES string of the molecule is COC(=O)N1[C@H](C)C[C@H](NS(=O)(=O)N(C)C)[C@@H]1CO[C@H]1CC[C@@H](c2cc(F)cc(F)c2)CC1. The van der Waals surface area contributed by atoms with Crippen LogP contribution in [0.25, 0.3) is 0 Å². The molecule has 0 unspecified atom stereocenters. The van der Waals surface area contributed by atoms with Gasteiger partial charge in [0.15, 0.2) is 0 Å². The van der Waals surface area contributed by atoms with Gasteiger partial charge in [-0.1, -0.05) is 0 Å². The highest BCUT2D eigenvalue weighted by atomic mass is 32.2. The van der Waals surface area contributed by atoms with Crippen LogP contribution in [0.3, 0.4) is 0 Å². The largest absolute Gasteiger partial charge is 0.453 e. The van der Waals surface area contributed by atoms with Gasteiger partial charge in [0.05, 0.1) is 25.9 Å². The molecule has 1 heterocycles. The number of nitrogens with zero attached hydrogens (tertiary/aromatic N) is 2. The van der Waals surface area contributed by atoms with Gasteiger partial charge in [-0.3, -0.25) is 4.90 Å². The highest BCUT2D eigenvalue weighted by Gasteiger charge is 2.44. The normalized spacial score (nSPS) is 28.3. The van der Waals surface area contributed by atoms with E-state index < -0.39 is 40.0 Å². The van der Waals surface area contributed by atoms with Crippen LogP contribution in [0.1, 0.15) is 50.5 Å². The van der Waals surface area contributed by atoms with Crippen LogP contribution in [0.4, 0.5) is 13.6 Å². The minimum Gasteiger partial charge on any atom is -0.453 e. The third-order valence-electron chi connectivity index (χ3n) is 6.59. The Hall–Kier alpha value is -1.82. The van der Waals surface area contributed by atoms with E-state index in [2.05, 4.69) is 4.72 Å². The quantitative estimate of drug-likeness (QED) is 0.636. The Morgan fingerprint density at radius 2 is 1.76 bits per heavy atom. The van der Waals surface area contributed by atoms with Gasteiger partial charge in [0, 0.05) is 32.2 Å². The van der Waals surface area contributed by atoms with Gasteiger partial charge < -0.3 is 9.47 Å². The first-order chi connectivity index (χ1) is 15.5. The molecule has 33 heavy (non-hydrogen) atoms. The Balaban J connectivity index is 1.63. The number of benzene rings is 1. The summed E-state index contributed by atoms with van der Waals surface area (Å²) >= 11 is 0. The minimum absolute atomic E-state index is 0.0627. The number of methoxy groups -OCH3 is 1. The van der Waals surface area contributed by atoms with Crippen LogP contribution in [0.15, 0.2) is 18.2 Å². The van der Waals surface area contributed by atoms with Crippen LogP contribution in [0.2, 0.25) is 0 Å². The summed E-state index contributed by atoms with van der Waals surface area (Å²) in [6.45, 7) is 2.00. The number of hydrogen-bond acceptors (Lipinski definition) is 5. The van der Waals surface area contributed by atoms with E-state index in [1.165, 1.54) is 38.2 Å². The van der Waals surface area contributed by atoms with Crippen molar-refractivity contribution in [1.82, 2.24) is 13.9 Å². The zero-order chi connectivity index (χ0) is 24.3. The molecular weight excluding hydrogens is 456 g/mol. The fourth-order valence-corrected chi connectivity index (χ4v) is 5.65. The minimum atomic E-state index is -3.69. The van der Waals surface area contributed by atoms with Crippen LogP contribution in [-0.2, 0) is 19.7 Å². The Kier molecular flexibility index (Phi) is 8.31. The molecule has 1 amide bonds. The maximum absolute atomic E-state index is 13.6. The predicted molar refractivity (Wildman–Crippen MR) is 119 cm³/mol. The molecule has 1 saturated carbocycles. The van der Waals surface area contributed by atoms with Crippen molar-refractivity contribution in [3.8, 4) is 0 Å². The highest BCUT2D eigenvalue weighted by molar-refractivity contribution is 7.87. The van der Waals surface area contributed by atoms with Crippen LogP contribution >= 0.6 is 0 Å². The number of amides is 1. The smallest absolute Gasteiger partial charge is 0.410 e. The Bertz CT molecular complexity index is 918. The molecule has 0 aromatic heterocycles. The molecule has 0 bridgehead atoms. The van der Waals surface area contributed by atoms with Crippen molar-refractivity contribution in [2.24, 2.45) is 0 Å². The number of likely N-dealkylation sites (tertiary alicyclic amines) is 1.